The first-order valence-corrected chi connectivity index (χ1v) is 20.9. The first-order chi connectivity index (χ1) is 29.3. The molecule has 9 aromatic carbocycles. The second kappa shape index (κ2) is 14.2. The van der Waals surface area contributed by atoms with Gasteiger partial charge in [-0.15, -0.1) is 0 Å². The second-order valence-corrected chi connectivity index (χ2v) is 15.3. The smallest absolute Gasteiger partial charge is 0.0787 e. The molecule has 59 heavy (non-hydrogen) atoms. The van der Waals surface area contributed by atoms with Gasteiger partial charge in [-0.1, -0.05) is 166 Å². The summed E-state index contributed by atoms with van der Waals surface area (Å²) in [7, 11) is 0. The number of H-pyrrole nitrogens is 1. The highest BCUT2D eigenvalue weighted by atomic mass is 15.2. The number of fused-ring (bicyclic) bond motifs is 12. The van der Waals surface area contributed by atoms with Crippen LogP contribution in [0, 0.1) is 0 Å². The van der Waals surface area contributed by atoms with Gasteiger partial charge < -0.3 is 14.5 Å². The Morgan fingerprint density at radius 2 is 1.08 bits per heavy atom. The van der Waals surface area contributed by atoms with Gasteiger partial charge in [0, 0.05) is 49.9 Å². The van der Waals surface area contributed by atoms with Gasteiger partial charge in [-0.3, -0.25) is 0 Å². The third-order valence-electron chi connectivity index (χ3n) is 12.2. The lowest BCUT2D eigenvalue weighted by molar-refractivity contribution is 0.666. The van der Waals surface area contributed by atoms with E-state index in [4.69, 9.17) is 0 Å². The van der Waals surface area contributed by atoms with Gasteiger partial charge in [0.1, 0.15) is 0 Å². The summed E-state index contributed by atoms with van der Waals surface area (Å²) >= 11 is 0. The SMILES string of the molecule is C1=Cc2c(n(-c3ccccc3)c3ccccc23)C(N(c2cccc(-c3cccc4c3[nH]c3ccccc34)c2)c2ccc3c4ccccc4c4ccccc4c3c2)C1.CC. The molecule has 1 N–H and O–H groups in total. The minimum absolute atomic E-state index is 0.000829. The van der Waals surface area contributed by atoms with E-state index < -0.39 is 0 Å². The van der Waals surface area contributed by atoms with E-state index in [1.807, 2.05) is 13.8 Å². The van der Waals surface area contributed by atoms with Gasteiger partial charge in [-0.25, -0.2) is 0 Å². The first kappa shape index (κ1) is 34.9. The quantitative estimate of drug-likeness (QED) is 0.174. The van der Waals surface area contributed by atoms with Gasteiger partial charge in [0.15, 0.2) is 0 Å². The van der Waals surface area contributed by atoms with Crippen LogP contribution in [0.2, 0.25) is 0 Å². The summed E-state index contributed by atoms with van der Waals surface area (Å²) in [6.07, 6.45) is 5.58. The molecule has 0 aliphatic heterocycles. The van der Waals surface area contributed by atoms with E-state index in [9.17, 15) is 0 Å². The van der Waals surface area contributed by atoms with Crippen LogP contribution in [0.3, 0.4) is 0 Å². The first-order valence-electron chi connectivity index (χ1n) is 20.9. The average molecular weight is 758 g/mol. The molecule has 0 amide bonds. The predicted octanol–water partition coefficient (Wildman–Crippen LogP) is 15.7. The molecule has 2 aromatic heterocycles. The molecule has 1 atom stereocenters. The Bertz CT molecular complexity index is 3370. The van der Waals surface area contributed by atoms with Crippen LogP contribution < -0.4 is 4.90 Å². The molecule has 3 heteroatoms. The van der Waals surface area contributed by atoms with Crippen molar-refractivity contribution in [2.75, 3.05) is 4.90 Å². The predicted molar refractivity (Wildman–Crippen MR) is 253 cm³/mol. The summed E-state index contributed by atoms with van der Waals surface area (Å²) in [5.41, 5.74) is 12.0. The van der Waals surface area contributed by atoms with Crippen LogP contribution in [0.4, 0.5) is 11.4 Å². The molecule has 0 fully saturated rings. The monoisotopic (exact) mass is 757 g/mol. The number of para-hydroxylation sites is 4. The summed E-state index contributed by atoms with van der Waals surface area (Å²) in [5, 5.41) is 11.4. The van der Waals surface area contributed by atoms with Crippen molar-refractivity contribution in [1.82, 2.24) is 9.55 Å². The molecule has 2 heterocycles. The van der Waals surface area contributed by atoms with Crippen molar-refractivity contribution in [2.24, 2.45) is 0 Å². The summed E-state index contributed by atoms with van der Waals surface area (Å²) < 4.78 is 2.50. The Hall–Kier alpha value is -7.36. The average Bonchev–Trinajstić information content (AvgIpc) is 3.87. The Morgan fingerprint density at radius 3 is 1.85 bits per heavy atom. The molecule has 0 spiro atoms. The van der Waals surface area contributed by atoms with Gasteiger partial charge in [-0.05, 0) is 92.8 Å². The fourth-order valence-corrected chi connectivity index (χ4v) is 9.79. The van der Waals surface area contributed by atoms with Crippen LogP contribution in [-0.4, -0.2) is 9.55 Å². The fourth-order valence-electron chi connectivity index (χ4n) is 9.79. The Balaban J connectivity index is 0.00000196. The lowest BCUT2D eigenvalue weighted by Gasteiger charge is -2.36. The van der Waals surface area contributed by atoms with Crippen molar-refractivity contribution in [3.63, 3.8) is 0 Å². The highest BCUT2D eigenvalue weighted by Gasteiger charge is 2.32. The van der Waals surface area contributed by atoms with Crippen LogP contribution in [0.1, 0.15) is 37.6 Å². The highest BCUT2D eigenvalue weighted by molar-refractivity contribution is 6.25. The van der Waals surface area contributed by atoms with Crippen LogP contribution in [0.25, 0.3) is 87.9 Å². The maximum absolute atomic E-state index is 3.77. The molecule has 0 bridgehead atoms. The van der Waals surface area contributed by atoms with Crippen LogP contribution in [0.15, 0.2) is 194 Å². The molecule has 11 aromatic rings. The third kappa shape index (κ3) is 5.50. The standard InChI is InChI=1S/C54H37N3.C2H6/c1-2-16-36(17-3-1)57-51-29-11-9-24-46(51)48-27-14-30-52(54(48)57)56(38-31-32-44-42-21-5-4-19-40(42)41-20-6-7-22-43(41)49(44)34-38)37-18-12-15-35(33-37)39-25-13-26-47-45-23-8-10-28-50(45)55-53(39)47;1-2/h1-29,31-34,52,55H,30H2;1-2H3. The van der Waals surface area contributed by atoms with Crippen LogP contribution >= 0.6 is 0 Å². The number of hydrogen-bond donors (Lipinski definition) is 1. The lowest BCUT2D eigenvalue weighted by Crippen LogP contribution is -2.27. The maximum Gasteiger partial charge on any atom is 0.0787 e. The number of nitrogens with one attached hydrogen (secondary N) is 1. The molecule has 0 radical (unpaired) electrons. The van der Waals surface area contributed by atoms with E-state index >= 15 is 0 Å². The zero-order chi connectivity index (χ0) is 39.5. The van der Waals surface area contributed by atoms with E-state index in [1.165, 1.54) is 93.3 Å². The van der Waals surface area contributed by atoms with Gasteiger partial charge >= 0.3 is 0 Å². The molecular formula is C56H43N3. The van der Waals surface area contributed by atoms with Crippen molar-refractivity contribution in [3.8, 4) is 16.8 Å². The van der Waals surface area contributed by atoms with Gasteiger partial charge in [0.05, 0.1) is 22.8 Å². The number of hydrogen-bond acceptors (Lipinski definition) is 1. The third-order valence-corrected chi connectivity index (χ3v) is 12.2. The number of nitrogens with zero attached hydrogens (tertiary/aromatic N) is 2. The maximum atomic E-state index is 3.77. The van der Waals surface area contributed by atoms with Crippen molar-refractivity contribution >= 4 is 82.5 Å². The van der Waals surface area contributed by atoms with Gasteiger partial charge in [-0.2, -0.15) is 0 Å². The van der Waals surface area contributed by atoms with Crippen LogP contribution in [-0.2, 0) is 0 Å². The van der Waals surface area contributed by atoms with Crippen LogP contribution in [0.5, 0.6) is 0 Å². The molecule has 1 aliphatic rings. The van der Waals surface area contributed by atoms with E-state index in [-0.39, 0.29) is 6.04 Å². The Morgan fingerprint density at radius 1 is 0.492 bits per heavy atom. The van der Waals surface area contributed by atoms with E-state index in [0.29, 0.717) is 0 Å². The molecule has 12 rings (SSSR count). The Labute approximate surface area is 344 Å². The van der Waals surface area contributed by atoms with Crippen molar-refractivity contribution in [2.45, 2.75) is 26.3 Å². The normalized spacial score (nSPS) is 13.6. The summed E-state index contributed by atoms with van der Waals surface area (Å²) in [6.45, 7) is 4.00. The summed E-state index contributed by atoms with van der Waals surface area (Å²) in [4.78, 5) is 6.38. The summed E-state index contributed by atoms with van der Waals surface area (Å²) in [6, 6.07) is 69.1. The lowest BCUT2D eigenvalue weighted by atomic mass is 9.92. The molecule has 1 aliphatic carbocycles. The number of anilines is 2. The molecular weight excluding hydrogens is 715 g/mol. The largest absolute Gasteiger partial charge is 0.354 e. The molecule has 0 saturated heterocycles. The van der Waals surface area contributed by atoms with E-state index in [2.05, 4.69) is 215 Å². The molecule has 3 nitrogen and oxygen atoms in total. The number of aromatic nitrogens is 2. The number of benzene rings is 9. The van der Waals surface area contributed by atoms with Crippen molar-refractivity contribution in [3.05, 3.63) is 205 Å². The zero-order valence-electron chi connectivity index (χ0n) is 33.2. The minimum atomic E-state index is 0.000829. The van der Waals surface area contributed by atoms with Crippen molar-refractivity contribution in [1.29, 1.82) is 0 Å². The number of aromatic amines is 1. The zero-order valence-corrected chi connectivity index (χ0v) is 33.2. The van der Waals surface area contributed by atoms with Gasteiger partial charge in [0.2, 0.25) is 0 Å². The number of rotatable bonds is 5. The van der Waals surface area contributed by atoms with Crippen molar-refractivity contribution < 1.29 is 0 Å². The van der Waals surface area contributed by atoms with E-state index in [0.717, 1.165) is 17.6 Å². The molecule has 0 saturated carbocycles. The second-order valence-electron chi connectivity index (χ2n) is 15.3. The minimum Gasteiger partial charge on any atom is -0.354 e. The Kier molecular flexibility index (Phi) is 8.41. The summed E-state index contributed by atoms with van der Waals surface area (Å²) in [5.74, 6) is 0. The fraction of sp³-hybridized carbons (Fsp3) is 0.0714. The van der Waals surface area contributed by atoms with Gasteiger partial charge in [0.25, 0.3) is 0 Å². The molecule has 1 unspecified atom stereocenters. The van der Waals surface area contributed by atoms with E-state index in [1.54, 1.807) is 0 Å². The topological polar surface area (TPSA) is 24.0 Å². The highest BCUT2D eigenvalue weighted by Crippen LogP contribution is 2.48. The molecule has 282 valence electrons.